The maximum atomic E-state index is 12.9. The van der Waals surface area contributed by atoms with Crippen molar-refractivity contribution in [2.24, 2.45) is 0 Å². The summed E-state index contributed by atoms with van der Waals surface area (Å²) in [6, 6.07) is 0. The van der Waals surface area contributed by atoms with Gasteiger partial charge in [0.05, 0.1) is 18.5 Å². The van der Waals surface area contributed by atoms with Gasteiger partial charge >= 0.3 is 0 Å². The molecule has 0 atom stereocenters. The van der Waals surface area contributed by atoms with Crippen LogP contribution in [0.4, 0.5) is 0 Å². The van der Waals surface area contributed by atoms with Crippen LogP contribution in [0.25, 0.3) is 0 Å². The third kappa shape index (κ3) is 15.8. The van der Waals surface area contributed by atoms with Gasteiger partial charge in [-0.1, -0.05) is 104 Å². The minimum Gasteiger partial charge on any atom is -0.273 e. The Morgan fingerprint density at radius 2 is 1.00 bits per heavy atom. The van der Waals surface area contributed by atoms with Gasteiger partial charge < -0.3 is 0 Å². The standard InChI is InChI=1S/C30H62N2OP/c1-4-7-10-13-16-22-27-34(28-23-17-14-11-8-5-2,29-24-18-15-12-9-6-3)31-32-26-21-19-20-25-30(32)33/h31H,4-29H2,1-3H3/q+1. The summed E-state index contributed by atoms with van der Waals surface area (Å²) in [5.41, 5.74) is 0. The SMILES string of the molecule is CCCCCCCC[P+](CCCCCCCC)(CCCCCCCC)NN1CCCCCC1=O. The number of nitrogens with zero attached hydrogens (tertiary/aromatic N) is 1. The molecule has 0 aromatic heterocycles. The minimum atomic E-state index is -1.33. The summed E-state index contributed by atoms with van der Waals surface area (Å²) in [4.78, 5) is 12.9. The number of rotatable bonds is 23. The van der Waals surface area contributed by atoms with E-state index < -0.39 is 7.41 Å². The Bertz CT molecular complexity index is 430. The van der Waals surface area contributed by atoms with Crippen molar-refractivity contribution in [3.8, 4) is 0 Å². The van der Waals surface area contributed by atoms with Crippen molar-refractivity contribution >= 4 is 13.3 Å². The van der Waals surface area contributed by atoms with Gasteiger partial charge in [0, 0.05) is 13.0 Å². The summed E-state index contributed by atoms with van der Waals surface area (Å²) in [6.45, 7) is 7.85. The predicted octanol–water partition coefficient (Wildman–Crippen LogP) is 9.91. The smallest absolute Gasteiger partial charge is 0.239 e. The van der Waals surface area contributed by atoms with Crippen LogP contribution in [0.5, 0.6) is 0 Å². The van der Waals surface area contributed by atoms with Crippen LogP contribution < -0.4 is 5.20 Å². The van der Waals surface area contributed by atoms with E-state index in [9.17, 15) is 4.79 Å². The second-order valence-electron chi connectivity index (χ2n) is 11.1. The molecule has 0 bridgehead atoms. The van der Waals surface area contributed by atoms with Gasteiger partial charge in [0.2, 0.25) is 5.91 Å². The molecule has 1 N–H and O–H groups in total. The van der Waals surface area contributed by atoms with Crippen LogP contribution in [0, 0.1) is 0 Å². The van der Waals surface area contributed by atoms with Crippen LogP contribution in [0.2, 0.25) is 0 Å². The lowest BCUT2D eigenvalue weighted by atomic mass is 10.1. The average molecular weight is 498 g/mol. The van der Waals surface area contributed by atoms with Crippen molar-refractivity contribution < 1.29 is 4.79 Å². The summed E-state index contributed by atoms with van der Waals surface area (Å²) < 4.78 is 0. The van der Waals surface area contributed by atoms with Crippen molar-refractivity contribution in [3.05, 3.63) is 0 Å². The highest BCUT2D eigenvalue weighted by molar-refractivity contribution is 7.73. The topological polar surface area (TPSA) is 32.3 Å². The van der Waals surface area contributed by atoms with E-state index in [0.717, 1.165) is 19.4 Å². The number of nitrogens with one attached hydrogen (secondary N) is 1. The molecule has 0 unspecified atom stereocenters. The lowest BCUT2D eigenvalue weighted by molar-refractivity contribution is -0.132. The molecule has 0 spiro atoms. The van der Waals surface area contributed by atoms with Crippen molar-refractivity contribution in [2.75, 3.05) is 25.0 Å². The van der Waals surface area contributed by atoms with Crippen LogP contribution in [0.3, 0.4) is 0 Å². The monoisotopic (exact) mass is 497 g/mol. The molecular formula is C30H62N2OP+. The third-order valence-corrected chi connectivity index (χ3v) is 11.9. The molecule has 0 radical (unpaired) electrons. The number of hydrogen-bond acceptors (Lipinski definition) is 2. The van der Waals surface area contributed by atoms with Gasteiger partial charge in [-0.25, -0.2) is 5.01 Å². The molecule has 1 amide bonds. The van der Waals surface area contributed by atoms with E-state index in [1.54, 1.807) is 0 Å². The first-order valence-electron chi connectivity index (χ1n) is 15.6. The first kappa shape index (κ1) is 31.9. The molecule has 0 aliphatic carbocycles. The second-order valence-corrected chi connectivity index (χ2v) is 14.9. The molecule has 1 fully saturated rings. The first-order valence-corrected chi connectivity index (χ1v) is 18.0. The third-order valence-electron chi connectivity index (χ3n) is 7.73. The molecular weight excluding hydrogens is 435 g/mol. The van der Waals surface area contributed by atoms with Crippen molar-refractivity contribution in [1.82, 2.24) is 10.2 Å². The first-order chi connectivity index (χ1) is 16.7. The van der Waals surface area contributed by atoms with E-state index in [-0.39, 0.29) is 0 Å². The minimum absolute atomic E-state index is 0.371. The van der Waals surface area contributed by atoms with Crippen molar-refractivity contribution in [2.45, 2.75) is 162 Å². The number of carbonyl (C=O) groups is 1. The number of unbranched alkanes of at least 4 members (excludes halogenated alkanes) is 15. The fraction of sp³-hybridized carbons (Fsp3) is 0.967. The summed E-state index contributed by atoms with van der Waals surface area (Å²) in [5, 5.41) is 6.18. The van der Waals surface area contributed by atoms with E-state index in [1.807, 2.05) is 0 Å². The molecule has 4 heteroatoms. The molecule has 1 rings (SSSR count). The Balaban J connectivity index is 2.77. The second kappa shape index (κ2) is 22.1. The lowest BCUT2D eigenvalue weighted by Gasteiger charge is -2.33. The van der Waals surface area contributed by atoms with E-state index in [4.69, 9.17) is 0 Å². The van der Waals surface area contributed by atoms with Gasteiger partial charge in [0.25, 0.3) is 0 Å². The zero-order valence-corrected chi connectivity index (χ0v) is 24.6. The average Bonchev–Trinajstić information content (AvgIpc) is 3.04. The maximum absolute atomic E-state index is 12.9. The van der Waals surface area contributed by atoms with Crippen molar-refractivity contribution in [1.29, 1.82) is 0 Å². The maximum Gasteiger partial charge on any atom is 0.239 e. The van der Waals surface area contributed by atoms with Crippen LogP contribution in [-0.2, 0) is 4.79 Å². The molecule has 1 aliphatic heterocycles. The van der Waals surface area contributed by atoms with Gasteiger partial charge in [-0.05, 0) is 51.4 Å². The molecule has 0 aromatic carbocycles. The number of amides is 1. The molecule has 1 saturated heterocycles. The lowest BCUT2D eigenvalue weighted by Crippen LogP contribution is -2.44. The Morgan fingerprint density at radius 1 is 0.588 bits per heavy atom. The predicted molar refractivity (Wildman–Crippen MR) is 155 cm³/mol. The summed E-state index contributed by atoms with van der Waals surface area (Å²) in [7, 11) is -1.33. The number of hydrogen-bond donors (Lipinski definition) is 1. The summed E-state index contributed by atoms with van der Waals surface area (Å²) >= 11 is 0. The Morgan fingerprint density at radius 3 is 1.44 bits per heavy atom. The highest BCUT2D eigenvalue weighted by atomic mass is 31.2. The fourth-order valence-corrected chi connectivity index (χ4v) is 9.60. The number of hydrazine groups is 1. The largest absolute Gasteiger partial charge is 0.273 e. The Kier molecular flexibility index (Phi) is 20.7. The molecule has 1 aliphatic rings. The molecule has 34 heavy (non-hydrogen) atoms. The highest BCUT2D eigenvalue weighted by Gasteiger charge is 2.39. The highest BCUT2D eigenvalue weighted by Crippen LogP contribution is 2.57. The van der Waals surface area contributed by atoms with Gasteiger partial charge in [-0.2, -0.15) is 0 Å². The molecule has 1 heterocycles. The van der Waals surface area contributed by atoms with E-state index in [2.05, 4.69) is 31.0 Å². The van der Waals surface area contributed by atoms with E-state index in [1.165, 1.54) is 147 Å². The molecule has 0 aromatic rings. The summed E-state index contributed by atoms with van der Waals surface area (Å²) in [6.07, 6.45) is 33.0. The fourth-order valence-electron chi connectivity index (χ4n) is 5.41. The van der Waals surface area contributed by atoms with Crippen LogP contribution in [0.15, 0.2) is 0 Å². The quantitative estimate of drug-likeness (QED) is 0.112. The molecule has 3 nitrogen and oxygen atoms in total. The normalized spacial score (nSPS) is 15.1. The molecule has 202 valence electrons. The zero-order chi connectivity index (χ0) is 24.7. The van der Waals surface area contributed by atoms with Gasteiger partial charge in [-0.3, -0.25) is 4.79 Å². The van der Waals surface area contributed by atoms with Gasteiger partial charge in [-0.15, -0.1) is 5.20 Å². The van der Waals surface area contributed by atoms with Crippen LogP contribution >= 0.6 is 7.41 Å². The van der Waals surface area contributed by atoms with E-state index in [0.29, 0.717) is 5.91 Å². The number of carbonyl (C=O) groups excluding carboxylic acids is 1. The van der Waals surface area contributed by atoms with Gasteiger partial charge in [0.15, 0.2) is 0 Å². The Labute approximate surface area is 215 Å². The Hall–Kier alpha value is -0.140. The zero-order valence-electron chi connectivity index (χ0n) is 23.7. The van der Waals surface area contributed by atoms with Crippen molar-refractivity contribution in [3.63, 3.8) is 0 Å². The van der Waals surface area contributed by atoms with Crippen LogP contribution in [0.1, 0.15) is 162 Å². The van der Waals surface area contributed by atoms with Crippen LogP contribution in [-0.4, -0.2) is 35.9 Å². The summed E-state index contributed by atoms with van der Waals surface area (Å²) in [5.74, 6) is 0.371. The molecule has 0 saturated carbocycles. The van der Waals surface area contributed by atoms with Gasteiger partial charge in [0.1, 0.15) is 7.41 Å². The van der Waals surface area contributed by atoms with E-state index >= 15 is 0 Å².